The van der Waals surface area contributed by atoms with Crippen molar-refractivity contribution in [3.05, 3.63) is 205 Å². The second kappa shape index (κ2) is 13.5. The first-order valence-corrected chi connectivity index (χ1v) is 22.9. The molecule has 2 nitrogen and oxygen atoms in total. The van der Waals surface area contributed by atoms with Gasteiger partial charge in [0.2, 0.25) is 0 Å². The maximum absolute atomic E-state index is 2.60. The topological polar surface area (TPSA) is 9.86 Å². The molecule has 2 heterocycles. The van der Waals surface area contributed by atoms with Crippen LogP contribution in [0.2, 0.25) is 0 Å². The Bertz CT molecular complexity index is 3880. The molecule has 0 N–H and O–H groups in total. The molecule has 0 fully saturated rings. The molecule has 0 bridgehead atoms. The standard InChI is InChI=1S/C62H48N2/c1-61(2)33-34-62(3,4)53-38-57-51(37-52(53)61)59-55(63(57)42-21-9-6-10-22-42)31-32-56-60(59)58-46-25-14-12-20-41(46)28-30-54(58)64(56)43-35-49-45-24-13-11-19-40(45)27-29-48(49)50(36-43)47-26-16-15-23-44(47)39-17-7-5-8-18-39/h5-32,35-38H,33-34H2,1-4H3. The van der Waals surface area contributed by atoms with Crippen LogP contribution in [0.25, 0.3) is 110 Å². The zero-order chi connectivity index (χ0) is 42.9. The minimum atomic E-state index is 0.0646. The molecule has 0 saturated heterocycles. The van der Waals surface area contributed by atoms with Crippen molar-refractivity contribution in [2.45, 2.75) is 51.4 Å². The number of rotatable bonds is 4. The summed E-state index contributed by atoms with van der Waals surface area (Å²) in [7, 11) is 0. The van der Waals surface area contributed by atoms with Gasteiger partial charge in [0.1, 0.15) is 0 Å². The number of benzene rings is 10. The summed E-state index contributed by atoms with van der Waals surface area (Å²) >= 11 is 0. The molecule has 0 radical (unpaired) electrons. The van der Waals surface area contributed by atoms with Crippen molar-refractivity contribution in [2.24, 2.45) is 0 Å². The van der Waals surface area contributed by atoms with Crippen molar-refractivity contribution in [1.29, 1.82) is 0 Å². The molecule has 0 unspecified atom stereocenters. The Balaban J connectivity index is 1.22. The smallest absolute Gasteiger partial charge is 0.0549 e. The van der Waals surface area contributed by atoms with Crippen molar-refractivity contribution >= 4 is 75.9 Å². The largest absolute Gasteiger partial charge is 0.309 e. The second-order valence-corrected chi connectivity index (χ2v) is 19.5. The van der Waals surface area contributed by atoms with E-state index in [2.05, 4.69) is 231 Å². The Morgan fingerprint density at radius 3 is 1.59 bits per heavy atom. The molecule has 13 rings (SSSR count). The summed E-state index contributed by atoms with van der Waals surface area (Å²) in [5.41, 5.74) is 15.3. The first-order chi connectivity index (χ1) is 31.2. The number of nitrogens with zero attached hydrogens (tertiary/aromatic N) is 2. The first kappa shape index (κ1) is 37.2. The van der Waals surface area contributed by atoms with Crippen molar-refractivity contribution in [1.82, 2.24) is 9.13 Å². The maximum atomic E-state index is 2.60. The molecule has 306 valence electrons. The van der Waals surface area contributed by atoms with Crippen LogP contribution in [0.4, 0.5) is 0 Å². The molecule has 0 spiro atoms. The lowest BCUT2D eigenvalue weighted by Gasteiger charge is -2.42. The molecule has 2 heteroatoms. The van der Waals surface area contributed by atoms with Crippen LogP contribution < -0.4 is 0 Å². The Morgan fingerprint density at radius 1 is 0.328 bits per heavy atom. The molecule has 2 aromatic heterocycles. The van der Waals surface area contributed by atoms with Gasteiger partial charge in [0, 0.05) is 32.9 Å². The average Bonchev–Trinajstić information content (AvgIpc) is 3.85. The van der Waals surface area contributed by atoms with Gasteiger partial charge in [-0.15, -0.1) is 0 Å². The molecular weight excluding hydrogens is 773 g/mol. The van der Waals surface area contributed by atoms with Crippen LogP contribution in [-0.4, -0.2) is 9.13 Å². The molecule has 0 amide bonds. The van der Waals surface area contributed by atoms with Crippen molar-refractivity contribution in [3.63, 3.8) is 0 Å². The summed E-state index contributed by atoms with van der Waals surface area (Å²) in [4.78, 5) is 0. The number of para-hydroxylation sites is 1. The summed E-state index contributed by atoms with van der Waals surface area (Å²) in [6.07, 6.45) is 2.34. The zero-order valence-corrected chi connectivity index (χ0v) is 36.8. The highest BCUT2D eigenvalue weighted by molar-refractivity contribution is 6.33. The van der Waals surface area contributed by atoms with Gasteiger partial charge in [0.15, 0.2) is 0 Å². The Hall–Kier alpha value is -7.42. The van der Waals surface area contributed by atoms with Crippen molar-refractivity contribution < 1.29 is 0 Å². The number of aromatic nitrogens is 2. The monoisotopic (exact) mass is 820 g/mol. The van der Waals surface area contributed by atoms with E-state index in [4.69, 9.17) is 0 Å². The minimum absolute atomic E-state index is 0.0646. The van der Waals surface area contributed by atoms with E-state index in [0.29, 0.717) is 0 Å². The molecule has 10 aromatic carbocycles. The van der Waals surface area contributed by atoms with E-state index in [0.717, 1.165) is 5.69 Å². The quantitative estimate of drug-likeness (QED) is 0.157. The van der Waals surface area contributed by atoms with Gasteiger partial charge in [-0.05, 0) is 144 Å². The summed E-state index contributed by atoms with van der Waals surface area (Å²) in [6.45, 7) is 9.80. The Kier molecular flexibility index (Phi) is 7.86. The lowest BCUT2D eigenvalue weighted by molar-refractivity contribution is 0.332. The van der Waals surface area contributed by atoms with Gasteiger partial charge in [-0.1, -0.05) is 167 Å². The summed E-state index contributed by atoms with van der Waals surface area (Å²) in [6, 6.07) is 72.9. The van der Waals surface area contributed by atoms with E-state index < -0.39 is 0 Å². The van der Waals surface area contributed by atoms with Crippen LogP contribution in [0.5, 0.6) is 0 Å². The average molecular weight is 821 g/mol. The van der Waals surface area contributed by atoms with E-state index >= 15 is 0 Å². The van der Waals surface area contributed by atoms with Crippen LogP contribution >= 0.6 is 0 Å². The summed E-state index contributed by atoms with van der Waals surface area (Å²) < 4.78 is 5.11. The lowest BCUT2D eigenvalue weighted by Crippen LogP contribution is -2.33. The van der Waals surface area contributed by atoms with E-state index in [1.54, 1.807) is 0 Å². The fraction of sp³-hybridized carbons (Fsp3) is 0.129. The predicted octanol–water partition coefficient (Wildman–Crippen LogP) is 17.0. The minimum Gasteiger partial charge on any atom is -0.309 e. The lowest BCUT2D eigenvalue weighted by atomic mass is 9.63. The van der Waals surface area contributed by atoms with Gasteiger partial charge in [0.25, 0.3) is 0 Å². The molecule has 0 atom stereocenters. The molecule has 1 aliphatic carbocycles. The highest BCUT2D eigenvalue weighted by atomic mass is 15.0. The maximum Gasteiger partial charge on any atom is 0.0549 e. The van der Waals surface area contributed by atoms with Gasteiger partial charge in [-0.2, -0.15) is 0 Å². The normalized spacial score (nSPS) is 14.7. The highest BCUT2D eigenvalue weighted by Crippen LogP contribution is 2.51. The fourth-order valence-electron chi connectivity index (χ4n) is 11.6. The molecule has 0 saturated carbocycles. The molecule has 1 aliphatic rings. The van der Waals surface area contributed by atoms with Gasteiger partial charge in [-0.25, -0.2) is 0 Å². The van der Waals surface area contributed by atoms with E-state index in [9.17, 15) is 0 Å². The first-order valence-electron chi connectivity index (χ1n) is 22.9. The van der Waals surface area contributed by atoms with E-state index in [1.807, 2.05) is 0 Å². The molecular formula is C62H48N2. The van der Waals surface area contributed by atoms with Crippen LogP contribution in [0, 0.1) is 0 Å². The third kappa shape index (κ3) is 5.32. The summed E-state index contributed by atoms with van der Waals surface area (Å²) in [5, 5.41) is 12.8. The number of hydrogen-bond donors (Lipinski definition) is 0. The highest BCUT2D eigenvalue weighted by Gasteiger charge is 2.38. The fourth-order valence-corrected chi connectivity index (χ4v) is 11.6. The second-order valence-electron chi connectivity index (χ2n) is 19.5. The van der Waals surface area contributed by atoms with Crippen LogP contribution in [0.15, 0.2) is 194 Å². The van der Waals surface area contributed by atoms with E-state index in [1.165, 1.54) is 128 Å². The van der Waals surface area contributed by atoms with Gasteiger partial charge in [0.05, 0.1) is 22.1 Å². The van der Waals surface area contributed by atoms with Crippen LogP contribution in [0.1, 0.15) is 51.7 Å². The SMILES string of the molecule is CC1(C)CCC(C)(C)c2cc3c(cc21)c1c2c4c5ccccc5ccc4n(-c4cc(-c5ccccc5-c5ccccc5)c5ccc6ccccc6c5c4)c2ccc1n3-c1ccccc1. The molecule has 12 aromatic rings. The van der Waals surface area contributed by atoms with Gasteiger partial charge in [-0.3, -0.25) is 0 Å². The van der Waals surface area contributed by atoms with Crippen molar-refractivity contribution in [2.75, 3.05) is 0 Å². The van der Waals surface area contributed by atoms with Crippen LogP contribution in [0.3, 0.4) is 0 Å². The predicted molar refractivity (Wildman–Crippen MR) is 274 cm³/mol. The van der Waals surface area contributed by atoms with Gasteiger partial charge < -0.3 is 9.13 Å². The third-order valence-electron chi connectivity index (χ3n) is 14.9. The Labute approximate surface area is 373 Å². The summed E-state index contributed by atoms with van der Waals surface area (Å²) in [5.74, 6) is 0. The molecule has 64 heavy (non-hydrogen) atoms. The Morgan fingerprint density at radius 2 is 0.859 bits per heavy atom. The number of hydrogen-bond acceptors (Lipinski definition) is 0. The van der Waals surface area contributed by atoms with Crippen molar-refractivity contribution in [3.8, 4) is 33.6 Å². The van der Waals surface area contributed by atoms with E-state index in [-0.39, 0.29) is 10.8 Å². The van der Waals surface area contributed by atoms with Gasteiger partial charge >= 0.3 is 0 Å². The van der Waals surface area contributed by atoms with Crippen LogP contribution in [-0.2, 0) is 10.8 Å². The third-order valence-corrected chi connectivity index (χ3v) is 14.9. The number of fused-ring (bicyclic) bond motifs is 13. The zero-order valence-electron chi connectivity index (χ0n) is 36.8. The molecule has 0 aliphatic heterocycles.